The first-order valence-electron chi connectivity index (χ1n) is 7.27. The lowest BCUT2D eigenvalue weighted by atomic mass is 10.3. The summed E-state index contributed by atoms with van der Waals surface area (Å²) >= 11 is 0. The van der Waals surface area contributed by atoms with Gasteiger partial charge < -0.3 is 9.05 Å². The van der Waals surface area contributed by atoms with E-state index in [1.165, 1.54) is 0 Å². The molecule has 0 atom stereocenters. The van der Waals surface area contributed by atoms with Gasteiger partial charge in [-0.1, -0.05) is 50.2 Å². The van der Waals surface area contributed by atoms with E-state index < -0.39 is 7.60 Å². The van der Waals surface area contributed by atoms with Crippen LogP contribution in [0.2, 0.25) is 0 Å². The van der Waals surface area contributed by atoms with Crippen LogP contribution < -0.4 is 9.05 Å². The van der Waals surface area contributed by atoms with Gasteiger partial charge >= 0.3 is 7.60 Å². The SMILES string of the molecule is CCC(CC)P(=O)(Oc1ccccc1)Oc1ccccc1. The molecule has 0 aromatic heterocycles. The van der Waals surface area contributed by atoms with E-state index in [0.717, 1.165) is 12.8 Å². The second kappa shape index (κ2) is 7.33. The molecule has 0 saturated heterocycles. The largest absolute Gasteiger partial charge is 0.433 e. The summed E-state index contributed by atoms with van der Waals surface area (Å²) in [7, 11) is -3.27. The molecule has 0 aliphatic carbocycles. The van der Waals surface area contributed by atoms with Gasteiger partial charge in [0.1, 0.15) is 11.5 Å². The van der Waals surface area contributed by atoms with Crippen molar-refractivity contribution < 1.29 is 13.6 Å². The molecule has 0 amide bonds. The van der Waals surface area contributed by atoms with Crippen LogP contribution in [0.5, 0.6) is 11.5 Å². The van der Waals surface area contributed by atoms with Gasteiger partial charge in [0.2, 0.25) is 0 Å². The van der Waals surface area contributed by atoms with Crippen LogP contribution in [0.25, 0.3) is 0 Å². The average molecular weight is 304 g/mol. The van der Waals surface area contributed by atoms with Gasteiger partial charge in [0.25, 0.3) is 0 Å². The standard InChI is InChI=1S/C17H21O3P/c1-3-17(4-2)21(18,19-15-11-7-5-8-12-15)20-16-13-9-6-10-14-16/h5-14,17H,3-4H2,1-2H3. The predicted octanol–water partition coefficient (Wildman–Crippen LogP) is 5.53. The fourth-order valence-corrected chi connectivity index (χ4v) is 4.22. The third-order valence-electron chi connectivity index (χ3n) is 3.34. The number of rotatable bonds is 7. The van der Waals surface area contributed by atoms with Crippen molar-refractivity contribution in [2.75, 3.05) is 0 Å². The van der Waals surface area contributed by atoms with Crippen LogP contribution in [0.3, 0.4) is 0 Å². The van der Waals surface area contributed by atoms with Gasteiger partial charge in [0.05, 0.1) is 5.66 Å². The number of hydrogen-bond donors (Lipinski definition) is 0. The van der Waals surface area contributed by atoms with Gasteiger partial charge in [0, 0.05) is 0 Å². The van der Waals surface area contributed by atoms with Gasteiger partial charge in [-0.15, -0.1) is 0 Å². The molecule has 0 aliphatic heterocycles. The molecule has 2 aromatic carbocycles. The normalized spacial score (nSPS) is 11.4. The first-order valence-corrected chi connectivity index (χ1v) is 8.88. The summed E-state index contributed by atoms with van der Waals surface area (Å²) in [4.78, 5) is 0. The first kappa shape index (κ1) is 15.7. The Hall–Kier alpha value is -1.73. The summed E-state index contributed by atoms with van der Waals surface area (Å²) in [6.45, 7) is 4.01. The number of benzene rings is 2. The predicted molar refractivity (Wildman–Crippen MR) is 86.1 cm³/mol. The zero-order chi connectivity index (χ0) is 15.1. The maximum Gasteiger partial charge on any atom is 0.433 e. The third-order valence-corrected chi connectivity index (χ3v) is 5.90. The van der Waals surface area contributed by atoms with E-state index in [9.17, 15) is 4.57 Å². The van der Waals surface area contributed by atoms with Crippen molar-refractivity contribution in [3.63, 3.8) is 0 Å². The van der Waals surface area contributed by atoms with E-state index in [0.29, 0.717) is 11.5 Å². The molecule has 0 aliphatic rings. The Bertz CT molecular complexity index is 534. The molecule has 3 nitrogen and oxygen atoms in total. The molecule has 0 fully saturated rings. The summed E-state index contributed by atoms with van der Waals surface area (Å²) in [6, 6.07) is 18.4. The maximum absolute atomic E-state index is 13.3. The third kappa shape index (κ3) is 4.12. The smallest absolute Gasteiger partial charge is 0.416 e. The Labute approximate surface area is 126 Å². The lowest BCUT2D eigenvalue weighted by molar-refractivity contribution is 0.367. The summed E-state index contributed by atoms with van der Waals surface area (Å²) in [6.07, 6.45) is 1.49. The van der Waals surface area contributed by atoms with Crippen LogP contribution in [-0.4, -0.2) is 5.66 Å². The molecule has 0 saturated carbocycles. The highest BCUT2D eigenvalue weighted by molar-refractivity contribution is 7.55. The maximum atomic E-state index is 13.3. The molecular weight excluding hydrogens is 283 g/mol. The van der Waals surface area contributed by atoms with Crippen molar-refractivity contribution in [2.45, 2.75) is 32.3 Å². The fourth-order valence-electron chi connectivity index (χ4n) is 2.16. The van der Waals surface area contributed by atoms with E-state index in [1.807, 2.05) is 50.2 Å². The fraction of sp³-hybridized carbons (Fsp3) is 0.294. The second-order valence-electron chi connectivity index (χ2n) is 4.82. The van der Waals surface area contributed by atoms with Crippen LogP contribution >= 0.6 is 7.60 Å². The molecule has 0 bridgehead atoms. The molecule has 0 N–H and O–H groups in total. The zero-order valence-electron chi connectivity index (χ0n) is 12.4. The highest BCUT2D eigenvalue weighted by atomic mass is 31.2. The number of hydrogen-bond acceptors (Lipinski definition) is 3. The Balaban J connectivity index is 2.28. The van der Waals surface area contributed by atoms with E-state index >= 15 is 0 Å². The minimum absolute atomic E-state index is 0.127. The Morgan fingerprint density at radius 3 is 1.52 bits per heavy atom. The minimum Gasteiger partial charge on any atom is -0.416 e. The molecule has 2 rings (SSSR count). The molecule has 0 unspecified atom stereocenters. The molecule has 0 heterocycles. The Morgan fingerprint density at radius 1 is 0.810 bits per heavy atom. The summed E-state index contributed by atoms with van der Waals surface area (Å²) in [5.74, 6) is 1.15. The lowest BCUT2D eigenvalue weighted by Crippen LogP contribution is -2.15. The van der Waals surface area contributed by atoms with Crippen molar-refractivity contribution in [3.05, 3.63) is 60.7 Å². The Morgan fingerprint density at radius 2 is 1.19 bits per heavy atom. The first-order chi connectivity index (χ1) is 10.2. The highest BCUT2D eigenvalue weighted by Gasteiger charge is 2.36. The van der Waals surface area contributed by atoms with Crippen LogP contribution in [0.1, 0.15) is 26.7 Å². The minimum atomic E-state index is -3.27. The van der Waals surface area contributed by atoms with E-state index in [1.54, 1.807) is 24.3 Å². The van der Waals surface area contributed by atoms with E-state index in [4.69, 9.17) is 9.05 Å². The van der Waals surface area contributed by atoms with Crippen molar-refractivity contribution in [3.8, 4) is 11.5 Å². The second-order valence-corrected chi connectivity index (χ2v) is 6.99. The molecule has 112 valence electrons. The summed E-state index contributed by atoms with van der Waals surface area (Å²) in [5, 5.41) is 0. The van der Waals surface area contributed by atoms with Crippen LogP contribution in [-0.2, 0) is 4.57 Å². The number of para-hydroxylation sites is 2. The van der Waals surface area contributed by atoms with Gasteiger partial charge in [-0.05, 0) is 37.1 Å². The van der Waals surface area contributed by atoms with Crippen molar-refractivity contribution >= 4 is 7.60 Å². The zero-order valence-corrected chi connectivity index (χ0v) is 13.3. The summed E-state index contributed by atoms with van der Waals surface area (Å²) in [5.41, 5.74) is -0.127. The van der Waals surface area contributed by atoms with E-state index in [2.05, 4.69) is 0 Å². The molecule has 2 aromatic rings. The van der Waals surface area contributed by atoms with Crippen LogP contribution in [0.15, 0.2) is 60.7 Å². The van der Waals surface area contributed by atoms with Crippen molar-refractivity contribution in [1.29, 1.82) is 0 Å². The van der Waals surface area contributed by atoms with Gasteiger partial charge in [-0.2, -0.15) is 0 Å². The Kier molecular flexibility index (Phi) is 5.46. The van der Waals surface area contributed by atoms with Crippen molar-refractivity contribution in [2.24, 2.45) is 0 Å². The van der Waals surface area contributed by atoms with Gasteiger partial charge in [-0.3, -0.25) is 0 Å². The van der Waals surface area contributed by atoms with Crippen LogP contribution in [0.4, 0.5) is 0 Å². The quantitative estimate of drug-likeness (QED) is 0.631. The van der Waals surface area contributed by atoms with Gasteiger partial charge in [0.15, 0.2) is 0 Å². The summed E-state index contributed by atoms with van der Waals surface area (Å²) < 4.78 is 24.8. The topological polar surface area (TPSA) is 35.5 Å². The lowest BCUT2D eigenvalue weighted by Gasteiger charge is -2.26. The average Bonchev–Trinajstić information content (AvgIpc) is 2.50. The van der Waals surface area contributed by atoms with Crippen LogP contribution in [0, 0.1) is 0 Å². The molecule has 0 spiro atoms. The molecule has 4 heteroatoms. The molecule has 21 heavy (non-hydrogen) atoms. The van der Waals surface area contributed by atoms with Crippen molar-refractivity contribution in [1.82, 2.24) is 0 Å². The monoisotopic (exact) mass is 304 g/mol. The van der Waals surface area contributed by atoms with E-state index in [-0.39, 0.29) is 5.66 Å². The van der Waals surface area contributed by atoms with Gasteiger partial charge in [-0.25, -0.2) is 4.57 Å². The molecule has 0 radical (unpaired) electrons. The molecular formula is C17H21O3P. The highest BCUT2D eigenvalue weighted by Crippen LogP contribution is 2.54.